The second-order valence-corrected chi connectivity index (χ2v) is 8.51. The number of nitrogen functional groups attached to an aromatic ring is 1. The fourth-order valence-electron chi connectivity index (χ4n) is 1.42. The Morgan fingerprint density at radius 1 is 1.20 bits per heavy atom. The number of nitrogens with two attached hydrogens (primary N) is 1. The van der Waals surface area contributed by atoms with Gasteiger partial charge in [-0.3, -0.25) is 4.79 Å². The van der Waals surface area contributed by atoms with Crippen molar-refractivity contribution in [2.45, 2.75) is 31.9 Å². The molecule has 110 valence electrons. The van der Waals surface area contributed by atoms with E-state index >= 15 is 0 Å². The molecule has 5 heteroatoms. The topological polar surface area (TPSA) is 77.2 Å². The lowest BCUT2D eigenvalue weighted by molar-refractivity contribution is -0.114. The van der Waals surface area contributed by atoms with Gasteiger partial charge in [0.05, 0.1) is 10.5 Å². The minimum Gasteiger partial charge on any atom is -0.399 e. The maximum Gasteiger partial charge on any atom is 0.156 e. The van der Waals surface area contributed by atoms with E-state index in [1.165, 1.54) is 6.08 Å². The largest absolute Gasteiger partial charge is 0.399 e. The summed E-state index contributed by atoms with van der Waals surface area (Å²) in [6.45, 7) is 4.91. The highest BCUT2D eigenvalue weighted by atomic mass is 32.2. The first-order valence-electron chi connectivity index (χ1n) is 6.40. The molecule has 1 rings (SSSR count). The van der Waals surface area contributed by atoms with Gasteiger partial charge in [0.15, 0.2) is 15.6 Å². The number of anilines is 1. The third-order valence-electron chi connectivity index (χ3n) is 2.95. The van der Waals surface area contributed by atoms with Crippen molar-refractivity contribution in [2.24, 2.45) is 0 Å². The van der Waals surface area contributed by atoms with Gasteiger partial charge in [0.1, 0.15) is 0 Å². The monoisotopic (exact) mass is 295 g/mol. The molecule has 0 atom stereocenters. The van der Waals surface area contributed by atoms with Crippen molar-refractivity contribution < 1.29 is 13.2 Å². The molecular weight excluding hydrogens is 274 g/mol. The molecule has 0 aliphatic carbocycles. The van der Waals surface area contributed by atoms with Gasteiger partial charge in [0.25, 0.3) is 0 Å². The highest BCUT2D eigenvalue weighted by Crippen LogP contribution is 2.17. The molecule has 0 aliphatic heterocycles. The van der Waals surface area contributed by atoms with Crippen molar-refractivity contribution in [1.82, 2.24) is 0 Å². The van der Waals surface area contributed by atoms with Gasteiger partial charge in [0, 0.05) is 12.1 Å². The number of hydrogen-bond donors (Lipinski definition) is 1. The first-order valence-corrected chi connectivity index (χ1v) is 8.06. The van der Waals surface area contributed by atoms with Gasteiger partial charge in [0.2, 0.25) is 0 Å². The Kier molecular flexibility index (Phi) is 5.11. The average Bonchev–Trinajstić information content (AvgIpc) is 2.34. The van der Waals surface area contributed by atoms with Gasteiger partial charge >= 0.3 is 0 Å². The lowest BCUT2D eigenvalue weighted by atomic mass is 10.1. The van der Waals surface area contributed by atoms with Crippen LogP contribution in [0.15, 0.2) is 30.3 Å². The van der Waals surface area contributed by atoms with E-state index in [1.54, 1.807) is 51.1 Å². The number of ketones is 1. The quantitative estimate of drug-likeness (QED) is 0.668. The van der Waals surface area contributed by atoms with E-state index in [0.29, 0.717) is 5.69 Å². The van der Waals surface area contributed by atoms with E-state index in [1.807, 2.05) is 0 Å². The van der Waals surface area contributed by atoms with Crippen molar-refractivity contribution in [2.75, 3.05) is 11.5 Å². The minimum atomic E-state index is -3.25. The Bertz CT molecular complexity index is 593. The summed E-state index contributed by atoms with van der Waals surface area (Å²) in [5.41, 5.74) is 7.07. The number of carbonyl (C=O) groups is 1. The average molecular weight is 295 g/mol. The SMILES string of the molecule is CC(C)(C)S(=O)(=O)CCC(=O)/C=C/c1ccc(N)cc1. The van der Waals surface area contributed by atoms with Crippen molar-refractivity contribution in [3.05, 3.63) is 35.9 Å². The summed E-state index contributed by atoms with van der Waals surface area (Å²) >= 11 is 0. The van der Waals surface area contributed by atoms with E-state index in [4.69, 9.17) is 5.73 Å². The maximum absolute atomic E-state index is 11.9. The number of rotatable bonds is 5. The molecule has 0 saturated heterocycles. The fourth-order valence-corrected chi connectivity index (χ4v) is 2.50. The minimum absolute atomic E-state index is 0.00504. The van der Waals surface area contributed by atoms with Gasteiger partial charge in [-0.25, -0.2) is 8.42 Å². The Labute approximate surface area is 120 Å². The van der Waals surface area contributed by atoms with Gasteiger partial charge in [-0.1, -0.05) is 18.2 Å². The summed E-state index contributed by atoms with van der Waals surface area (Å²) in [5, 5.41) is 0. The Morgan fingerprint density at radius 3 is 2.25 bits per heavy atom. The van der Waals surface area contributed by atoms with Crippen molar-refractivity contribution >= 4 is 27.4 Å². The van der Waals surface area contributed by atoms with Crippen LogP contribution in [0.25, 0.3) is 6.08 Å². The van der Waals surface area contributed by atoms with Gasteiger partial charge < -0.3 is 5.73 Å². The third-order valence-corrected chi connectivity index (χ3v) is 5.56. The summed E-state index contributed by atoms with van der Waals surface area (Å²) < 4.78 is 22.9. The summed E-state index contributed by atoms with van der Waals surface area (Å²) in [6.07, 6.45) is 3.07. The van der Waals surface area contributed by atoms with E-state index in [-0.39, 0.29) is 18.0 Å². The Balaban J connectivity index is 2.59. The van der Waals surface area contributed by atoms with E-state index < -0.39 is 14.6 Å². The van der Waals surface area contributed by atoms with Crippen LogP contribution >= 0.6 is 0 Å². The van der Waals surface area contributed by atoms with Gasteiger partial charge in [-0.2, -0.15) is 0 Å². The van der Waals surface area contributed by atoms with Crippen LogP contribution in [0.1, 0.15) is 32.8 Å². The molecule has 0 amide bonds. The van der Waals surface area contributed by atoms with Crippen LogP contribution in [0.3, 0.4) is 0 Å². The highest BCUT2D eigenvalue weighted by Gasteiger charge is 2.28. The number of benzene rings is 1. The van der Waals surface area contributed by atoms with Crippen LogP contribution in [0.2, 0.25) is 0 Å². The molecule has 0 unspecified atom stereocenters. The zero-order valence-corrected chi connectivity index (χ0v) is 12.9. The van der Waals surface area contributed by atoms with Crippen LogP contribution < -0.4 is 5.73 Å². The molecule has 0 radical (unpaired) electrons. The number of hydrogen-bond acceptors (Lipinski definition) is 4. The molecule has 0 aliphatic rings. The van der Waals surface area contributed by atoms with Crippen LogP contribution in [0.4, 0.5) is 5.69 Å². The molecule has 0 heterocycles. The predicted molar refractivity (Wildman–Crippen MR) is 83.1 cm³/mol. The summed E-state index contributed by atoms with van der Waals surface area (Å²) in [5.74, 6) is -0.323. The molecule has 0 aromatic heterocycles. The molecule has 1 aromatic rings. The second-order valence-electron chi connectivity index (χ2n) is 5.65. The molecular formula is C15H21NO3S. The van der Waals surface area contributed by atoms with Crippen LogP contribution in [-0.4, -0.2) is 24.7 Å². The molecule has 0 fully saturated rings. The fraction of sp³-hybridized carbons (Fsp3) is 0.400. The molecule has 0 spiro atoms. The standard InChI is InChI=1S/C15H21NO3S/c1-15(2,3)20(18,19)11-10-14(17)9-6-12-4-7-13(16)8-5-12/h4-9H,10-11,16H2,1-3H3/b9-6+. The normalized spacial score (nSPS) is 12.8. The van der Waals surface area contributed by atoms with Crippen molar-refractivity contribution in [3.8, 4) is 0 Å². The number of sulfone groups is 1. The predicted octanol–water partition coefficient (Wildman–Crippen LogP) is 2.45. The maximum atomic E-state index is 11.9. The van der Waals surface area contributed by atoms with E-state index in [9.17, 15) is 13.2 Å². The Hall–Kier alpha value is -1.62. The van der Waals surface area contributed by atoms with E-state index in [2.05, 4.69) is 0 Å². The molecule has 20 heavy (non-hydrogen) atoms. The molecule has 2 N–H and O–H groups in total. The first-order chi connectivity index (χ1) is 9.12. The molecule has 0 bridgehead atoms. The van der Waals surface area contributed by atoms with E-state index in [0.717, 1.165) is 5.56 Å². The first kappa shape index (κ1) is 16.4. The van der Waals surface area contributed by atoms with Crippen molar-refractivity contribution in [3.63, 3.8) is 0 Å². The molecule has 0 saturated carbocycles. The number of carbonyl (C=O) groups excluding carboxylic acids is 1. The lowest BCUT2D eigenvalue weighted by Gasteiger charge is -2.18. The van der Waals surface area contributed by atoms with Crippen molar-refractivity contribution in [1.29, 1.82) is 0 Å². The highest BCUT2D eigenvalue weighted by molar-refractivity contribution is 7.92. The smallest absolute Gasteiger partial charge is 0.156 e. The lowest BCUT2D eigenvalue weighted by Crippen LogP contribution is -2.31. The van der Waals surface area contributed by atoms with Crippen LogP contribution in [0, 0.1) is 0 Å². The summed E-state index contributed by atoms with van der Waals surface area (Å²) in [4.78, 5) is 11.7. The second kappa shape index (κ2) is 6.22. The third kappa shape index (κ3) is 4.81. The molecule has 1 aromatic carbocycles. The van der Waals surface area contributed by atoms with Gasteiger partial charge in [-0.05, 0) is 44.5 Å². The zero-order valence-electron chi connectivity index (χ0n) is 12.1. The summed E-state index contributed by atoms with van der Waals surface area (Å²) in [6, 6.07) is 7.08. The van der Waals surface area contributed by atoms with Crippen LogP contribution in [-0.2, 0) is 14.6 Å². The summed E-state index contributed by atoms with van der Waals surface area (Å²) in [7, 11) is -3.25. The zero-order chi connectivity index (χ0) is 15.4. The van der Waals surface area contributed by atoms with Crippen LogP contribution in [0.5, 0.6) is 0 Å². The number of allylic oxidation sites excluding steroid dienone is 1. The Morgan fingerprint density at radius 2 is 1.75 bits per heavy atom. The van der Waals surface area contributed by atoms with Gasteiger partial charge in [-0.15, -0.1) is 0 Å². The molecule has 4 nitrogen and oxygen atoms in total.